The molecule has 1 aliphatic heterocycles. The van der Waals surface area contributed by atoms with Crippen molar-refractivity contribution < 1.29 is 23.5 Å². The van der Waals surface area contributed by atoms with Crippen LogP contribution in [0, 0.1) is 5.82 Å². The molecule has 0 spiro atoms. The number of hydrogen-bond donors (Lipinski definition) is 2. The number of aldehydes is 1. The predicted molar refractivity (Wildman–Crippen MR) is 72.5 cm³/mol. The quantitative estimate of drug-likeness (QED) is 0.619. The summed E-state index contributed by atoms with van der Waals surface area (Å²) in [5.74, 6) is -1.00. The Morgan fingerprint density at radius 3 is 2.86 bits per heavy atom. The minimum Gasteiger partial charge on any atom is -0.495 e. The predicted octanol–water partition coefficient (Wildman–Crippen LogP) is 0.793. The second kappa shape index (κ2) is 6.34. The molecular weight excluding hydrogens is 279 g/mol. The molecule has 1 fully saturated rings. The zero-order chi connectivity index (χ0) is 15.4. The van der Waals surface area contributed by atoms with Crippen molar-refractivity contribution >= 4 is 23.8 Å². The van der Waals surface area contributed by atoms with Gasteiger partial charge in [-0.15, -0.1) is 0 Å². The van der Waals surface area contributed by atoms with Gasteiger partial charge in [-0.05, 0) is 18.1 Å². The van der Waals surface area contributed by atoms with Gasteiger partial charge < -0.3 is 14.8 Å². The van der Waals surface area contributed by atoms with E-state index >= 15 is 0 Å². The van der Waals surface area contributed by atoms with Crippen LogP contribution in [-0.2, 0) is 20.8 Å². The summed E-state index contributed by atoms with van der Waals surface area (Å²) in [5.41, 5.74) is 0.523. The van der Waals surface area contributed by atoms with E-state index < -0.39 is 17.8 Å². The summed E-state index contributed by atoms with van der Waals surface area (Å²) in [6.45, 7) is 0. The highest BCUT2D eigenvalue weighted by molar-refractivity contribution is 6.01. The molecule has 0 aromatic heterocycles. The molecule has 2 rings (SSSR count). The number of methoxy groups -OCH3 is 1. The van der Waals surface area contributed by atoms with Gasteiger partial charge in [0.25, 0.3) is 0 Å². The third kappa shape index (κ3) is 3.36. The maximum absolute atomic E-state index is 13.9. The van der Waals surface area contributed by atoms with Gasteiger partial charge in [-0.25, -0.2) is 4.39 Å². The number of carbonyl (C=O) groups is 3. The van der Waals surface area contributed by atoms with Gasteiger partial charge in [0.05, 0.1) is 12.8 Å². The van der Waals surface area contributed by atoms with Crippen molar-refractivity contribution in [2.75, 3.05) is 12.4 Å². The Hall–Kier alpha value is -2.44. The van der Waals surface area contributed by atoms with Gasteiger partial charge in [0.1, 0.15) is 23.9 Å². The van der Waals surface area contributed by atoms with Gasteiger partial charge in [-0.2, -0.15) is 0 Å². The number of imide groups is 1. The zero-order valence-corrected chi connectivity index (χ0v) is 11.4. The first-order valence-corrected chi connectivity index (χ1v) is 6.45. The van der Waals surface area contributed by atoms with E-state index in [9.17, 15) is 18.8 Å². The van der Waals surface area contributed by atoms with Crippen molar-refractivity contribution in [3.63, 3.8) is 0 Å². The van der Waals surface area contributed by atoms with Crippen molar-refractivity contribution in [1.29, 1.82) is 0 Å². The highest BCUT2D eigenvalue weighted by atomic mass is 19.1. The molecule has 112 valence electrons. The molecule has 21 heavy (non-hydrogen) atoms. The van der Waals surface area contributed by atoms with Crippen LogP contribution in [-0.4, -0.2) is 31.3 Å². The lowest BCUT2D eigenvalue weighted by Gasteiger charge is -2.24. The van der Waals surface area contributed by atoms with Gasteiger partial charge >= 0.3 is 0 Å². The lowest BCUT2D eigenvalue weighted by molar-refractivity contribution is -0.133. The van der Waals surface area contributed by atoms with E-state index in [0.29, 0.717) is 24.1 Å². The molecule has 1 aromatic rings. The van der Waals surface area contributed by atoms with Crippen LogP contribution in [0.15, 0.2) is 12.1 Å². The monoisotopic (exact) mass is 294 g/mol. The van der Waals surface area contributed by atoms with Gasteiger partial charge in [0.15, 0.2) is 0 Å². The summed E-state index contributed by atoms with van der Waals surface area (Å²) in [6, 6.07) is 1.96. The van der Waals surface area contributed by atoms with E-state index in [-0.39, 0.29) is 24.3 Å². The number of piperidine rings is 1. The largest absolute Gasteiger partial charge is 0.495 e. The van der Waals surface area contributed by atoms with Crippen LogP contribution in [0.5, 0.6) is 5.75 Å². The van der Waals surface area contributed by atoms with Crippen molar-refractivity contribution in [1.82, 2.24) is 5.32 Å². The molecule has 0 aliphatic carbocycles. The molecule has 1 unspecified atom stereocenters. The lowest BCUT2D eigenvalue weighted by atomic mass is 10.0. The first kappa shape index (κ1) is 15.0. The Kier molecular flexibility index (Phi) is 4.52. The van der Waals surface area contributed by atoms with Crippen LogP contribution >= 0.6 is 0 Å². The Balaban J connectivity index is 2.23. The van der Waals surface area contributed by atoms with E-state index in [2.05, 4.69) is 10.6 Å². The molecule has 6 nitrogen and oxygen atoms in total. The number of ether oxygens (including phenoxy) is 1. The summed E-state index contributed by atoms with van der Waals surface area (Å²) in [4.78, 5) is 33.3. The molecule has 0 saturated carbocycles. The maximum Gasteiger partial charge on any atom is 0.249 e. The van der Waals surface area contributed by atoms with Crippen molar-refractivity contribution in [2.24, 2.45) is 0 Å². The molecular formula is C14H15FN2O4. The lowest BCUT2D eigenvalue weighted by Crippen LogP contribution is -2.47. The Morgan fingerprint density at radius 2 is 2.24 bits per heavy atom. The van der Waals surface area contributed by atoms with E-state index in [1.54, 1.807) is 0 Å². The number of carbonyl (C=O) groups excluding carboxylic acids is 3. The Bertz CT molecular complexity index is 589. The van der Waals surface area contributed by atoms with Gasteiger partial charge in [0, 0.05) is 18.9 Å². The number of hydrogen-bond acceptors (Lipinski definition) is 5. The molecule has 1 saturated heterocycles. The molecule has 1 aromatic carbocycles. The normalized spacial score (nSPS) is 18.1. The van der Waals surface area contributed by atoms with Crippen LogP contribution in [0.2, 0.25) is 0 Å². The number of halogens is 1. The van der Waals surface area contributed by atoms with E-state index in [0.717, 1.165) is 0 Å². The summed E-state index contributed by atoms with van der Waals surface area (Å²) in [5, 5.41) is 5.08. The second-order valence-corrected chi connectivity index (χ2v) is 4.66. The summed E-state index contributed by atoms with van der Waals surface area (Å²) < 4.78 is 19.0. The third-order valence-electron chi connectivity index (χ3n) is 3.24. The fraction of sp³-hybridized carbons (Fsp3) is 0.357. The van der Waals surface area contributed by atoms with E-state index in [1.165, 1.54) is 19.2 Å². The van der Waals surface area contributed by atoms with Crippen LogP contribution in [0.4, 0.5) is 10.1 Å². The van der Waals surface area contributed by atoms with E-state index in [1.807, 2.05) is 0 Å². The Labute approximate surface area is 120 Å². The SMILES string of the molecule is COc1cc(CC=O)c(F)cc1NC1CCC(=O)NC1=O. The topological polar surface area (TPSA) is 84.5 Å². The molecule has 2 N–H and O–H groups in total. The summed E-state index contributed by atoms with van der Waals surface area (Å²) in [6.07, 6.45) is 1.09. The van der Waals surface area contributed by atoms with Gasteiger partial charge in [0.2, 0.25) is 11.8 Å². The number of benzene rings is 1. The minimum absolute atomic E-state index is 0.0547. The average Bonchev–Trinajstić information content (AvgIpc) is 2.45. The van der Waals surface area contributed by atoms with Crippen molar-refractivity contribution in [3.8, 4) is 5.75 Å². The molecule has 1 heterocycles. The second-order valence-electron chi connectivity index (χ2n) is 4.66. The van der Waals surface area contributed by atoms with Crippen LogP contribution in [0.25, 0.3) is 0 Å². The third-order valence-corrected chi connectivity index (χ3v) is 3.24. The minimum atomic E-state index is -0.632. The zero-order valence-electron chi connectivity index (χ0n) is 11.4. The standard InChI is InChI=1S/C14H15FN2O4/c1-21-12-6-8(4-5-18)9(15)7-11(12)16-10-2-3-13(19)17-14(10)20/h5-7,10,16H,2-4H2,1H3,(H,17,19,20). The smallest absolute Gasteiger partial charge is 0.249 e. The van der Waals surface area contributed by atoms with Gasteiger partial charge in [-0.1, -0.05) is 0 Å². The fourth-order valence-electron chi connectivity index (χ4n) is 2.14. The van der Waals surface area contributed by atoms with Crippen molar-refractivity contribution in [2.45, 2.75) is 25.3 Å². The Morgan fingerprint density at radius 1 is 1.48 bits per heavy atom. The molecule has 7 heteroatoms. The summed E-state index contributed by atoms with van der Waals surface area (Å²) in [7, 11) is 1.41. The molecule has 0 bridgehead atoms. The van der Waals surface area contributed by atoms with E-state index in [4.69, 9.17) is 4.74 Å². The van der Waals surface area contributed by atoms with Crippen molar-refractivity contribution in [3.05, 3.63) is 23.5 Å². The number of anilines is 1. The summed E-state index contributed by atoms with van der Waals surface area (Å²) >= 11 is 0. The van der Waals surface area contributed by atoms with Crippen LogP contribution in [0.1, 0.15) is 18.4 Å². The van der Waals surface area contributed by atoms with Crippen LogP contribution < -0.4 is 15.4 Å². The number of rotatable bonds is 5. The number of nitrogens with one attached hydrogen (secondary N) is 2. The molecule has 2 amide bonds. The van der Waals surface area contributed by atoms with Crippen LogP contribution in [0.3, 0.4) is 0 Å². The highest BCUT2D eigenvalue weighted by Gasteiger charge is 2.27. The van der Waals surface area contributed by atoms with Gasteiger partial charge in [-0.3, -0.25) is 14.9 Å². The highest BCUT2D eigenvalue weighted by Crippen LogP contribution is 2.29. The molecule has 1 atom stereocenters. The fourth-order valence-corrected chi connectivity index (χ4v) is 2.14. The molecule has 0 radical (unpaired) electrons. The molecule has 1 aliphatic rings. The first-order chi connectivity index (χ1) is 10.0. The maximum atomic E-state index is 13.9. The number of amides is 2. The average molecular weight is 294 g/mol. The first-order valence-electron chi connectivity index (χ1n) is 6.45.